The van der Waals surface area contributed by atoms with Crippen LogP contribution in [-0.2, 0) is 16.7 Å². The number of aromatic nitrogens is 7. The molecule has 11 rings (SSSR count). The van der Waals surface area contributed by atoms with Gasteiger partial charge in [-0.25, -0.2) is 23.1 Å². The van der Waals surface area contributed by atoms with Gasteiger partial charge in [0.15, 0.2) is 11.6 Å². The van der Waals surface area contributed by atoms with E-state index in [1.807, 2.05) is 15.5 Å². The van der Waals surface area contributed by atoms with E-state index in [9.17, 15) is 14.4 Å². The van der Waals surface area contributed by atoms with Crippen molar-refractivity contribution in [1.29, 1.82) is 0 Å². The third kappa shape index (κ3) is 5.99. The molecule has 7 heterocycles. The minimum atomic E-state index is -0.980. The van der Waals surface area contributed by atoms with Crippen molar-refractivity contribution in [3.8, 4) is 17.2 Å². The van der Waals surface area contributed by atoms with Gasteiger partial charge < -0.3 is 19.9 Å². The number of aryl methyl sites for hydroxylation is 2. The number of fused-ring (bicyclic) bond motifs is 5. The lowest BCUT2D eigenvalue weighted by atomic mass is 9.83. The van der Waals surface area contributed by atoms with Gasteiger partial charge in [0.2, 0.25) is 0 Å². The average molecular weight is 870 g/mol. The number of benzene rings is 3. The predicted octanol–water partition coefficient (Wildman–Crippen LogP) is 6.55. The van der Waals surface area contributed by atoms with E-state index in [2.05, 4.69) is 42.2 Å². The van der Waals surface area contributed by atoms with Gasteiger partial charge in [-0.2, -0.15) is 5.10 Å². The van der Waals surface area contributed by atoms with Crippen LogP contribution in [0.5, 0.6) is 0 Å². The molecule has 2 amide bonds. The molecule has 0 radical (unpaired) electrons. The van der Waals surface area contributed by atoms with Crippen LogP contribution in [0.2, 0.25) is 0 Å². The van der Waals surface area contributed by atoms with Gasteiger partial charge in [0, 0.05) is 47.9 Å². The van der Waals surface area contributed by atoms with Gasteiger partial charge in [-0.3, -0.25) is 28.2 Å². The van der Waals surface area contributed by atoms with Crippen molar-refractivity contribution in [1.82, 2.24) is 38.5 Å². The number of primary amides is 1. The summed E-state index contributed by atoms with van der Waals surface area (Å²) in [6.07, 6.45) is 7.43. The number of rotatable bonds is 8. The minimum absolute atomic E-state index is 0.176. The summed E-state index contributed by atoms with van der Waals surface area (Å²) in [4.78, 5) is 59.3. The fraction of sp³-hybridized carbons (Fsp3) is 0.362. The van der Waals surface area contributed by atoms with Crippen molar-refractivity contribution >= 4 is 22.7 Å². The molecule has 4 aromatic heterocycles. The molecule has 15 nitrogen and oxygen atoms in total. The Morgan fingerprint density at radius 3 is 2.41 bits per heavy atom. The van der Waals surface area contributed by atoms with Crippen LogP contribution in [0.15, 0.2) is 81.1 Å². The Morgan fingerprint density at radius 2 is 1.70 bits per heavy atom. The number of ether oxygens (including phenoxy) is 1. The summed E-state index contributed by atoms with van der Waals surface area (Å²) < 4.78 is 48.0. The summed E-state index contributed by atoms with van der Waals surface area (Å²) in [5.41, 5.74) is 8.12. The molecular formula is C47H45F2N9O6. The molecule has 17 heteroatoms. The highest BCUT2D eigenvalue weighted by Gasteiger charge is 2.54. The summed E-state index contributed by atoms with van der Waals surface area (Å²) in [6.45, 7) is 8.17. The highest BCUT2D eigenvalue weighted by Crippen LogP contribution is 2.53. The Balaban J connectivity index is 1.07. The molecule has 0 unspecified atom stereocenters. The first-order valence-corrected chi connectivity index (χ1v) is 21.6. The Kier molecular flexibility index (Phi) is 8.77. The van der Waals surface area contributed by atoms with Crippen LogP contribution in [0.3, 0.4) is 0 Å². The lowest BCUT2D eigenvalue weighted by Gasteiger charge is -2.35. The monoisotopic (exact) mass is 869 g/mol. The first-order chi connectivity index (χ1) is 30.6. The van der Waals surface area contributed by atoms with E-state index in [1.165, 1.54) is 35.2 Å². The van der Waals surface area contributed by atoms with Crippen molar-refractivity contribution in [3.05, 3.63) is 145 Å². The lowest BCUT2D eigenvalue weighted by molar-refractivity contribution is -0.0592. The molecule has 2 saturated heterocycles. The Bertz CT molecular complexity index is 3210. The van der Waals surface area contributed by atoms with Crippen molar-refractivity contribution in [2.45, 2.75) is 102 Å². The largest absolute Gasteiger partial charge is 0.438 e. The zero-order chi connectivity index (χ0) is 44.6. The van der Waals surface area contributed by atoms with Crippen LogP contribution >= 0.6 is 0 Å². The van der Waals surface area contributed by atoms with Crippen LogP contribution in [0.25, 0.3) is 28.1 Å². The molecular weight excluding hydrogens is 825 g/mol. The molecule has 0 spiro atoms. The predicted molar refractivity (Wildman–Crippen MR) is 229 cm³/mol. The summed E-state index contributed by atoms with van der Waals surface area (Å²) in [7, 11) is 0. The Hall–Kier alpha value is -6.88. The van der Waals surface area contributed by atoms with E-state index in [4.69, 9.17) is 20.1 Å². The molecule has 3 atom stereocenters. The van der Waals surface area contributed by atoms with Crippen molar-refractivity contribution in [3.63, 3.8) is 0 Å². The maximum absolute atomic E-state index is 15.8. The van der Waals surface area contributed by atoms with Crippen LogP contribution in [-0.4, -0.2) is 68.6 Å². The molecule has 3 N–H and O–H groups in total. The molecule has 3 fully saturated rings. The second-order valence-electron chi connectivity index (χ2n) is 18.4. The summed E-state index contributed by atoms with van der Waals surface area (Å²) >= 11 is 0. The van der Waals surface area contributed by atoms with Crippen LogP contribution < -0.4 is 17.2 Å². The molecule has 1 saturated carbocycles. The third-order valence-electron chi connectivity index (χ3n) is 13.9. The van der Waals surface area contributed by atoms with Gasteiger partial charge in [0.25, 0.3) is 11.8 Å². The number of nitrogens with one attached hydrogen (secondary N) is 1. The number of nitrogens with two attached hydrogens (primary N) is 1. The maximum Gasteiger partial charge on any atom is 0.438 e. The number of imidazole rings is 1. The van der Waals surface area contributed by atoms with Gasteiger partial charge in [-0.15, -0.1) is 0 Å². The highest BCUT2D eigenvalue weighted by atomic mass is 19.1. The topological polar surface area (TPSA) is 181 Å². The summed E-state index contributed by atoms with van der Waals surface area (Å²) in [6, 6.07) is 14.8. The van der Waals surface area contributed by atoms with Crippen molar-refractivity contribution < 1.29 is 27.6 Å². The number of halogens is 2. The van der Waals surface area contributed by atoms with E-state index >= 15 is 13.6 Å². The van der Waals surface area contributed by atoms with Crippen LogP contribution in [0, 0.1) is 25.5 Å². The summed E-state index contributed by atoms with van der Waals surface area (Å²) in [5, 5.41) is 10.1. The number of hydrogen-bond acceptors (Lipinski definition) is 8. The number of carbonyl (C=O) groups excluding carboxylic acids is 2. The Labute approximate surface area is 364 Å². The van der Waals surface area contributed by atoms with Gasteiger partial charge in [0.1, 0.15) is 22.9 Å². The van der Waals surface area contributed by atoms with E-state index in [0.29, 0.717) is 84.1 Å². The number of hydrogen-bond donors (Lipinski definition) is 2. The number of carbonyl (C=O) groups is 2. The molecule has 328 valence electrons. The number of H-pyrrole nitrogens is 1. The SMILES string of the molecule is Cc1cc(-n2nc3c(c2-n2ccn(-c4cccc(C(N)=O)c4F)c2=O)[C@@H]2CC[C@H](C3)N2C(=O)c2cc3cc([C@H]4CCOC(C)(C)C4)ccc3n2C2(c3noc(=O)[nH]3)CC2)cc(C)c1F. The molecule has 64 heavy (non-hydrogen) atoms. The standard InChI is InChI=1S/C47H45F2N9O6/c1-24-18-30(19-25(2)38(24)48)58-41(55-16-15-54(45(55)62)35-7-5-6-31(39(35)49)40(50)59)37-32(52-58)22-29-9-11-34(37)56(29)42(60)36-21-28-20-26(27-12-17-63-46(3,4)23-27)8-10-33(28)57(36)47(13-14-47)43-51-44(61)64-53-43/h5-8,10,15-16,18-21,27,29,34H,9,11-14,17,22-23H2,1-4H3,(H2,50,59)(H,51,53,61)/t27-,29+,34-/m0/s1. The van der Waals surface area contributed by atoms with Gasteiger partial charge in [-0.05, 0) is 131 Å². The number of aromatic amines is 1. The summed E-state index contributed by atoms with van der Waals surface area (Å²) in [5.74, 6) is -2.28. The van der Waals surface area contributed by atoms with Crippen LogP contribution in [0.1, 0.15) is 119 Å². The molecule has 7 aromatic rings. The smallest absolute Gasteiger partial charge is 0.376 e. The van der Waals surface area contributed by atoms with E-state index in [-0.39, 0.29) is 40.5 Å². The van der Waals surface area contributed by atoms with Crippen molar-refractivity contribution in [2.75, 3.05) is 6.61 Å². The van der Waals surface area contributed by atoms with Gasteiger partial charge >= 0.3 is 11.4 Å². The third-order valence-corrected chi connectivity index (χ3v) is 13.9. The number of amides is 2. The molecule has 1 aliphatic carbocycles. The van der Waals surface area contributed by atoms with Gasteiger partial charge in [0.05, 0.1) is 34.3 Å². The number of nitrogens with zero attached hydrogens (tertiary/aromatic N) is 7. The quantitative estimate of drug-likeness (QED) is 0.173. The second-order valence-corrected chi connectivity index (χ2v) is 18.4. The van der Waals surface area contributed by atoms with Crippen LogP contribution in [0.4, 0.5) is 8.78 Å². The lowest BCUT2D eigenvalue weighted by Crippen LogP contribution is -2.43. The molecule has 3 aliphatic heterocycles. The van der Waals surface area contributed by atoms with Gasteiger partial charge in [-0.1, -0.05) is 17.3 Å². The first kappa shape index (κ1) is 39.9. The fourth-order valence-corrected chi connectivity index (χ4v) is 10.8. The van der Waals surface area contributed by atoms with E-state index in [1.54, 1.807) is 30.7 Å². The molecule has 2 bridgehead atoms. The maximum atomic E-state index is 15.8. The minimum Gasteiger partial charge on any atom is -0.376 e. The van der Waals surface area contributed by atoms with E-state index < -0.39 is 34.8 Å². The Morgan fingerprint density at radius 1 is 0.938 bits per heavy atom. The normalized spacial score (nSPS) is 20.8. The van der Waals surface area contributed by atoms with Crippen molar-refractivity contribution in [2.24, 2.45) is 5.73 Å². The molecule has 3 aromatic carbocycles. The fourth-order valence-electron chi connectivity index (χ4n) is 10.8. The molecule has 4 aliphatic rings. The first-order valence-electron chi connectivity index (χ1n) is 21.6. The zero-order valence-electron chi connectivity index (χ0n) is 35.7. The van der Waals surface area contributed by atoms with E-state index in [0.717, 1.165) is 33.9 Å². The average Bonchev–Trinajstić information content (AvgIpc) is 3.66. The zero-order valence-corrected chi connectivity index (χ0v) is 35.7. The highest BCUT2D eigenvalue weighted by molar-refractivity contribution is 6.00. The second kappa shape index (κ2) is 14.1.